The van der Waals surface area contributed by atoms with Crippen LogP contribution < -0.4 is 10.5 Å². The first kappa shape index (κ1) is 12.8. The summed E-state index contributed by atoms with van der Waals surface area (Å²) in [6.45, 7) is 0. The van der Waals surface area contributed by atoms with Crippen LogP contribution in [0.1, 0.15) is 0 Å². The van der Waals surface area contributed by atoms with Gasteiger partial charge in [-0.05, 0) is 12.1 Å². The third-order valence-corrected chi connectivity index (χ3v) is 2.90. The van der Waals surface area contributed by atoms with Crippen molar-refractivity contribution in [2.45, 2.75) is 0 Å². The molecule has 1 aromatic heterocycles. The number of rotatable bonds is 3. The minimum atomic E-state index is -0.424. The van der Waals surface area contributed by atoms with Crippen LogP contribution in [0.25, 0.3) is 10.8 Å². The molecule has 0 amide bonds. The molecular formula is C14H10N4O3. The maximum Gasteiger partial charge on any atom is 0.277 e. The van der Waals surface area contributed by atoms with Gasteiger partial charge in [-0.3, -0.25) is 15.1 Å². The molecule has 0 saturated carbocycles. The monoisotopic (exact) mass is 282 g/mol. The lowest BCUT2D eigenvalue weighted by Gasteiger charge is -2.08. The van der Waals surface area contributed by atoms with Crippen molar-refractivity contribution in [2.24, 2.45) is 0 Å². The number of hydrogen-bond donors (Lipinski definition) is 1. The summed E-state index contributed by atoms with van der Waals surface area (Å²) >= 11 is 0. The second-order valence-corrected chi connectivity index (χ2v) is 4.27. The molecule has 0 aliphatic heterocycles. The molecule has 7 nitrogen and oxygen atoms in total. The van der Waals surface area contributed by atoms with Gasteiger partial charge in [-0.1, -0.05) is 18.2 Å². The first-order valence-corrected chi connectivity index (χ1v) is 6.06. The fourth-order valence-electron chi connectivity index (χ4n) is 2.03. The number of nitrogen functional groups attached to an aromatic ring is 1. The zero-order valence-corrected chi connectivity index (χ0v) is 10.8. The number of anilines is 1. The average Bonchev–Trinajstić information content (AvgIpc) is 2.47. The van der Waals surface area contributed by atoms with E-state index in [2.05, 4.69) is 9.97 Å². The van der Waals surface area contributed by atoms with Gasteiger partial charge in [0.1, 0.15) is 11.6 Å². The van der Waals surface area contributed by atoms with Gasteiger partial charge in [0, 0.05) is 11.5 Å². The molecule has 0 spiro atoms. The van der Waals surface area contributed by atoms with Crippen molar-refractivity contribution in [2.75, 3.05) is 5.73 Å². The first-order valence-electron chi connectivity index (χ1n) is 6.06. The van der Waals surface area contributed by atoms with Crippen molar-refractivity contribution in [1.29, 1.82) is 0 Å². The van der Waals surface area contributed by atoms with Crippen LogP contribution in [0.5, 0.6) is 11.6 Å². The minimum Gasteiger partial charge on any atom is -0.437 e. The van der Waals surface area contributed by atoms with E-state index in [0.29, 0.717) is 16.5 Å². The van der Waals surface area contributed by atoms with Crippen molar-refractivity contribution in [3.8, 4) is 11.6 Å². The lowest BCUT2D eigenvalue weighted by molar-refractivity contribution is -0.383. The van der Waals surface area contributed by atoms with Crippen molar-refractivity contribution < 1.29 is 9.66 Å². The molecule has 0 bridgehead atoms. The van der Waals surface area contributed by atoms with Crippen LogP contribution in [0.15, 0.2) is 48.8 Å². The van der Waals surface area contributed by atoms with Crippen LogP contribution in [0, 0.1) is 10.1 Å². The van der Waals surface area contributed by atoms with Gasteiger partial charge in [0.15, 0.2) is 0 Å². The maximum atomic E-state index is 11.1. The van der Waals surface area contributed by atoms with Crippen LogP contribution in [0.4, 0.5) is 11.5 Å². The maximum absolute atomic E-state index is 11.1. The Labute approximate surface area is 119 Å². The molecule has 0 unspecified atom stereocenters. The highest BCUT2D eigenvalue weighted by atomic mass is 16.6. The molecule has 1 heterocycles. The first-order chi connectivity index (χ1) is 10.1. The fraction of sp³-hybridized carbons (Fsp3) is 0. The Balaban J connectivity index is 2.12. The smallest absolute Gasteiger partial charge is 0.277 e. The molecule has 3 aromatic rings. The molecule has 21 heavy (non-hydrogen) atoms. The zero-order chi connectivity index (χ0) is 14.8. The van der Waals surface area contributed by atoms with E-state index >= 15 is 0 Å². The standard InChI is InChI=1S/C14H10N4O3/c15-13-7-16-8-14(17-13)21-12-6-5-11(18(19)20)9-3-1-2-4-10(9)12/h1-8H,(H2,15,17). The van der Waals surface area contributed by atoms with Crippen LogP contribution in [-0.2, 0) is 0 Å². The highest BCUT2D eigenvalue weighted by molar-refractivity contribution is 5.95. The Bertz CT molecular complexity index is 835. The van der Waals surface area contributed by atoms with Gasteiger partial charge < -0.3 is 10.5 Å². The van der Waals surface area contributed by atoms with Crippen molar-refractivity contribution in [1.82, 2.24) is 9.97 Å². The quantitative estimate of drug-likeness (QED) is 0.585. The van der Waals surface area contributed by atoms with Gasteiger partial charge in [-0.15, -0.1) is 0 Å². The summed E-state index contributed by atoms with van der Waals surface area (Å²) in [4.78, 5) is 18.5. The summed E-state index contributed by atoms with van der Waals surface area (Å²) in [6, 6.07) is 9.87. The lowest BCUT2D eigenvalue weighted by Crippen LogP contribution is -1.96. The molecule has 3 rings (SSSR count). The Hall–Kier alpha value is -3.22. The fourth-order valence-corrected chi connectivity index (χ4v) is 2.03. The van der Waals surface area contributed by atoms with E-state index in [1.54, 1.807) is 24.3 Å². The van der Waals surface area contributed by atoms with Crippen molar-refractivity contribution >= 4 is 22.3 Å². The summed E-state index contributed by atoms with van der Waals surface area (Å²) in [6.07, 6.45) is 2.83. The molecule has 2 N–H and O–H groups in total. The van der Waals surface area contributed by atoms with Crippen molar-refractivity contribution in [3.63, 3.8) is 0 Å². The van der Waals surface area contributed by atoms with E-state index in [0.717, 1.165) is 0 Å². The number of fused-ring (bicyclic) bond motifs is 1. The number of nitrogens with two attached hydrogens (primary N) is 1. The second kappa shape index (κ2) is 5.04. The van der Waals surface area contributed by atoms with Gasteiger partial charge in [0.05, 0.1) is 22.7 Å². The number of nitro benzene ring substituents is 1. The summed E-state index contributed by atoms with van der Waals surface area (Å²) in [5, 5.41) is 12.2. The molecule has 0 radical (unpaired) electrons. The Kier molecular flexibility index (Phi) is 3.07. The predicted octanol–water partition coefficient (Wildman–Crippen LogP) is 2.91. The second-order valence-electron chi connectivity index (χ2n) is 4.27. The van der Waals surface area contributed by atoms with Gasteiger partial charge in [0.2, 0.25) is 5.88 Å². The SMILES string of the molecule is Nc1cncc(Oc2ccc([N+](=O)[O-])c3ccccc23)n1. The molecule has 2 aromatic carbocycles. The van der Waals surface area contributed by atoms with Crippen LogP contribution in [-0.4, -0.2) is 14.9 Å². The van der Waals surface area contributed by atoms with Gasteiger partial charge >= 0.3 is 0 Å². The molecular weight excluding hydrogens is 272 g/mol. The molecule has 0 aliphatic carbocycles. The molecule has 104 valence electrons. The van der Waals surface area contributed by atoms with Gasteiger partial charge in [-0.2, -0.15) is 4.98 Å². The summed E-state index contributed by atoms with van der Waals surface area (Å²) in [5.41, 5.74) is 5.57. The minimum absolute atomic E-state index is 0.0246. The molecule has 0 aliphatic rings. The van der Waals surface area contributed by atoms with Crippen LogP contribution >= 0.6 is 0 Å². The predicted molar refractivity (Wildman–Crippen MR) is 77.1 cm³/mol. The van der Waals surface area contributed by atoms with E-state index in [9.17, 15) is 10.1 Å². The normalized spacial score (nSPS) is 10.5. The van der Waals surface area contributed by atoms with E-state index in [-0.39, 0.29) is 17.4 Å². The van der Waals surface area contributed by atoms with E-state index in [1.165, 1.54) is 24.5 Å². The largest absolute Gasteiger partial charge is 0.437 e. The summed E-state index contributed by atoms with van der Waals surface area (Å²) in [5.74, 6) is 0.920. The third-order valence-electron chi connectivity index (χ3n) is 2.90. The summed E-state index contributed by atoms with van der Waals surface area (Å²) in [7, 11) is 0. The number of benzene rings is 2. The molecule has 7 heteroatoms. The number of hydrogen-bond acceptors (Lipinski definition) is 6. The Morgan fingerprint density at radius 3 is 2.57 bits per heavy atom. The summed E-state index contributed by atoms with van der Waals surface area (Å²) < 4.78 is 5.63. The lowest BCUT2D eigenvalue weighted by atomic mass is 10.1. The van der Waals surface area contributed by atoms with E-state index < -0.39 is 4.92 Å². The highest BCUT2D eigenvalue weighted by Gasteiger charge is 2.15. The van der Waals surface area contributed by atoms with Gasteiger partial charge in [0.25, 0.3) is 5.69 Å². The number of ether oxygens (including phenoxy) is 1. The highest BCUT2D eigenvalue weighted by Crippen LogP contribution is 2.34. The Morgan fingerprint density at radius 2 is 1.86 bits per heavy atom. The van der Waals surface area contributed by atoms with Gasteiger partial charge in [-0.25, -0.2) is 0 Å². The number of non-ortho nitro benzene ring substituents is 1. The van der Waals surface area contributed by atoms with Crippen LogP contribution in [0.3, 0.4) is 0 Å². The number of nitrogens with zero attached hydrogens (tertiary/aromatic N) is 3. The number of nitro groups is 1. The number of aromatic nitrogens is 2. The average molecular weight is 282 g/mol. The molecule has 0 fully saturated rings. The Morgan fingerprint density at radius 1 is 1.10 bits per heavy atom. The van der Waals surface area contributed by atoms with E-state index in [1.807, 2.05) is 0 Å². The zero-order valence-electron chi connectivity index (χ0n) is 10.8. The molecule has 0 atom stereocenters. The van der Waals surface area contributed by atoms with E-state index in [4.69, 9.17) is 10.5 Å². The van der Waals surface area contributed by atoms with Crippen molar-refractivity contribution in [3.05, 3.63) is 58.9 Å². The topological polar surface area (TPSA) is 104 Å². The molecule has 0 saturated heterocycles. The third kappa shape index (κ3) is 2.44. The van der Waals surface area contributed by atoms with Crippen LogP contribution in [0.2, 0.25) is 0 Å².